The number of amides is 1. The number of hydrogen-bond donors (Lipinski definition) is 0. The largest absolute Gasteiger partial charge is 0.290 e. The number of benzene rings is 1. The molecule has 2 rings (SSSR count). The number of aromatic nitrogens is 1. The second kappa shape index (κ2) is 5.50. The zero-order chi connectivity index (χ0) is 13.1. The molecule has 2 aromatic rings. The van der Waals surface area contributed by atoms with E-state index in [0.717, 1.165) is 11.3 Å². The monoisotopic (exact) mass is 280 g/mol. The number of aryl methyl sites for hydroxylation is 1. The molecule has 18 heavy (non-hydrogen) atoms. The average molecular weight is 281 g/mol. The minimum atomic E-state index is -0.151. The van der Waals surface area contributed by atoms with Crippen LogP contribution in [0.15, 0.2) is 29.6 Å². The highest BCUT2D eigenvalue weighted by atomic mass is 35.5. The minimum absolute atomic E-state index is 0.0318. The molecule has 3 nitrogen and oxygen atoms in total. The Labute approximate surface area is 115 Å². The van der Waals surface area contributed by atoms with Gasteiger partial charge in [0.1, 0.15) is 5.88 Å². The van der Waals surface area contributed by atoms with Crippen molar-refractivity contribution in [3.63, 3.8) is 0 Å². The standard InChI is InChI=1S/C13H13ClN2OS/c1-9-3-5-10(6-4-9)11-8-18-13(15-11)16(2)12(17)7-14/h3-6,8H,7H2,1-2H3. The van der Waals surface area contributed by atoms with Crippen LogP contribution in [0, 0.1) is 6.92 Å². The number of carbonyl (C=O) groups excluding carboxylic acids is 1. The van der Waals surface area contributed by atoms with Crippen molar-refractivity contribution in [2.75, 3.05) is 17.8 Å². The number of nitrogens with zero attached hydrogens (tertiary/aromatic N) is 2. The molecule has 0 unspecified atom stereocenters. The second-order valence-electron chi connectivity index (χ2n) is 3.97. The van der Waals surface area contributed by atoms with Crippen molar-refractivity contribution in [3.8, 4) is 11.3 Å². The van der Waals surface area contributed by atoms with Gasteiger partial charge in [-0.3, -0.25) is 9.69 Å². The van der Waals surface area contributed by atoms with E-state index in [1.807, 2.05) is 36.6 Å². The number of hydrogen-bond acceptors (Lipinski definition) is 3. The van der Waals surface area contributed by atoms with E-state index in [0.29, 0.717) is 5.13 Å². The molecule has 0 fully saturated rings. The van der Waals surface area contributed by atoms with Crippen molar-refractivity contribution < 1.29 is 4.79 Å². The predicted octanol–water partition coefficient (Wildman–Crippen LogP) is 3.32. The van der Waals surface area contributed by atoms with Crippen molar-refractivity contribution in [1.29, 1.82) is 0 Å². The smallest absolute Gasteiger partial charge is 0.243 e. The van der Waals surface area contributed by atoms with Crippen molar-refractivity contribution >= 4 is 34.0 Å². The van der Waals surface area contributed by atoms with Crippen LogP contribution in [0.4, 0.5) is 5.13 Å². The Hall–Kier alpha value is -1.39. The number of thiazole rings is 1. The topological polar surface area (TPSA) is 33.2 Å². The van der Waals surface area contributed by atoms with Gasteiger partial charge in [-0.05, 0) is 6.92 Å². The Morgan fingerprint density at radius 3 is 2.67 bits per heavy atom. The summed E-state index contributed by atoms with van der Waals surface area (Å²) in [5.41, 5.74) is 3.14. The Bertz CT molecular complexity index is 550. The Morgan fingerprint density at radius 2 is 2.06 bits per heavy atom. The first-order valence-electron chi connectivity index (χ1n) is 5.47. The predicted molar refractivity (Wildman–Crippen MR) is 76.4 cm³/mol. The van der Waals surface area contributed by atoms with Crippen molar-refractivity contribution in [1.82, 2.24) is 4.98 Å². The van der Waals surface area contributed by atoms with Gasteiger partial charge in [-0.15, -0.1) is 22.9 Å². The molecule has 0 aliphatic carbocycles. The molecular weight excluding hydrogens is 268 g/mol. The summed E-state index contributed by atoms with van der Waals surface area (Å²) in [5, 5.41) is 2.61. The molecular formula is C13H13ClN2OS. The van der Waals surface area contributed by atoms with Gasteiger partial charge in [-0.1, -0.05) is 29.8 Å². The van der Waals surface area contributed by atoms with Crippen molar-refractivity contribution in [3.05, 3.63) is 35.2 Å². The van der Waals surface area contributed by atoms with E-state index >= 15 is 0 Å². The third-order valence-electron chi connectivity index (χ3n) is 2.61. The van der Waals surface area contributed by atoms with Crippen LogP contribution in [0.3, 0.4) is 0 Å². The van der Waals surface area contributed by atoms with Gasteiger partial charge in [0.05, 0.1) is 5.69 Å². The molecule has 1 amide bonds. The number of halogens is 1. The molecule has 1 aromatic carbocycles. The van der Waals surface area contributed by atoms with Crippen molar-refractivity contribution in [2.24, 2.45) is 0 Å². The van der Waals surface area contributed by atoms with E-state index in [2.05, 4.69) is 4.98 Å². The minimum Gasteiger partial charge on any atom is -0.290 e. The van der Waals surface area contributed by atoms with E-state index in [4.69, 9.17) is 11.6 Å². The third-order valence-corrected chi connectivity index (χ3v) is 3.76. The van der Waals surface area contributed by atoms with Gasteiger partial charge in [0.15, 0.2) is 5.13 Å². The van der Waals surface area contributed by atoms with Crippen LogP contribution < -0.4 is 4.90 Å². The fraction of sp³-hybridized carbons (Fsp3) is 0.231. The van der Waals surface area contributed by atoms with Crippen LogP contribution in [-0.2, 0) is 4.79 Å². The summed E-state index contributed by atoms with van der Waals surface area (Å²) in [6.07, 6.45) is 0. The van der Waals surface area contributed by atoms with E-state index in [1.165, 1.54) is 21.8 Å². The fourth-order valence-corrected chi connectivity index (χ4v) is 2.47. The molecule has 0 N–H and O–H groups in total. The summed E-state index contributed by atoms with van der Waals surface area (Å²) < 4.78 is 0. The summed E-state index contributed by atoms with van der Waals surface area (Å²) in [6.45, 7) is 2.04. The quantitative estimate of drug-likeness (QED) is 0.808. The first kappa shape index (κ1) is 13.1. The van der Waals surface area contributed by atoms with Gasteiger partial charge in [0, 0.05) is 18.0 Å². The van der Waals surface area contributed by atoms with Gasteiger partial charge in [-0.25, -0.2) is 4.98 Å². The van der Waals surface area contributed by atoms with E-state index in [9.17, 15) is 4.79 Å². The average Bonchev–Trinajstić information content (AvgIpc) is 2.87. The van der Waals surface area contributed by atoms with E-state index < -0.39 is 0 Å². The maximum Gasteiger partial charge on any atom is 0.243 e. The van der Waals surface area contributed by atoms with E-state index in [-0.39, 0.29) is 11.8 Å². The molecule has 0 aliphatic rings. The van der Waals surface area contributed by atoms with Crippen molar-refractivity contribution in [2.45, 2.75) is 6.92 Å². The molecule has 0 saturated carbocycles. The summed E-state index contributed by atoms with van der Waals surface area (Å²) in [6, 6.07) is 8.14. The molecule has 0 bridgehead atoms. The lowest BCUT2D eigenvalue weighted by Gasteiger charge is -2.10. The van der Waals surface area contributed by atoms with Crippen LogP contribution in [0.2, 0.25) is 0 Å². The molecule has 0 radical (unpaired) electrons. The molecule has 94 valence electrons. The van der Waals surface area contributed by atoms with Crippen LogP contribution in [0.1, 0.15) is 5.56 Å². The van der Waals surface area contributed by atoms with Gasteiger partial charge < -0.3 is 0 Å². The summed E-state index contributed by atoms with van der Waals surface area (Å²) in [5.74, 6) is -0.183. The SMILES string of the molecule is Cc1ccc(-c2csc(N(C)C(=O)CCl)n2)cc1. The number of rotatable bonds is 3. The zero-order valence-corrected chi connectivity index (χ0v) is 11.8. The molecule has 0 atom stereocenters. The van der Waals surface area contributed by atoms with Gasteiger partial charge >= 0.3 is 0 Å². The Kier molecular flexibility index (Phi) is 3.99. The Morgan fingerprint density at radius 1 is 1.39 bits per heavy atom. The molecule has 0 aliphatic heterocycles. The molecule has 1 heterocycles. The summed E-state index contributed by atoms with van der Waals surface area (Å²) >= 11 is 6.96. The number of anilines is 1. The molecule has 0 saturated heterocycles. The number of alkyl halides is 1. The summed E-state index contributed by atoms with van der Waals surface area (Å²) in [4.78, 5) is 17.4. The highest BCUT2D eigenvalue weighted by Crippen LogP contribution is 2.27. The highest BCUT2D eigenvalue weighted by Gasteiger charge is 2.13. The third kappa shape index (κ3) is 2.71. The van der Waals surface area contributed by atoms with Gasteiger partial charge in [-0.2, -0.15) is 0 Å². The Balaban J connectivity index is 2.25. The summed E-state index contributed by atoms with van der Waals surface area (Å²) in [7, 11) is 1.68. The maximum absolute atomic E-state index is 11.5. The maximum atomic E-state index is 11.5. The highest BCUT2D eigenvalue weighted by molar-refractivity contribution is 7.14. The molecule has 1 aromatic heterocycles. The van der Waals surface area contributed by atoms with Crippen LogP contribution in [0.25, 0.3) is 11.3 Å². The first-order chi connectivity index (χ1) is 8.61. The second-order valence-corrected chi connectivity index (χ2v) is 5.07. The lowest BCUT2D eigenvalue weighted by molar-refractivity contribution is -0.116. The lowest BCUT2D eigenvalue weighted by atomic mass is 10.1. The zero-order valence-electron chi connectivity index (χ0n) is 10.2. The van der Waals surface area contributed by atoms with E-state index in [1.54, 1.807) is 7.05 Å². The molecule has 0 spiro atoms. The first-order valence-corrected chi connectivity index (χ1v) is 6.88. The number of carbonyl (C=O) groups is 1. The van der Waals surface area contributed by atoms with Crippen LogP contribution in [0.5, 0.6) is 0 Å². The van der Waals surface area contributed by atoms with Gasteiger partial charge in [0.25, 0.3) is 0 Å². The van der Waals surface area contributed by atoms with Crippen LogP contribution >= 0.6 is 22.9 Å². The fourth-order valence-electron chi connectivity index (χ4n) is 1.47. The lowest BCUT2D eigenvalue weighted by Crippen LogP contribution is -2.26. The van der Waals surface area contributed by atoms with Crippen LogP contribution in [-0.4, -0.2) is 23.8 Å². The van der Waals surface area contributed by atoms with Gasteiger partial charge in [0.2, 0.25) is 5.91 Å². The normalized spacial score (nSPS) is 10.4. The molecule has 5 heteroatoms.